The third kappa shape index (κ3) is 5.24. The van der Waals surface area contributed by atoms with Crippen LogP contribution >= 0.6 is 0 Å². The monoisotopic (exact) mass is 558 g/mol. The number of hydrogen-bond donors (Lipinski definition) is 0. The van der Waals surface area contributed by atoms with Crippen LogP contribution in [0, 0.1) is 5.92 Å². The van der Waals surface area contributed by atoms with E-state index in [0.717, 1.165) is 32.1 Å². The van der Waals surface area contributed by atoms with Gasteiger partial charge in [-0.1, -0.05) is 24.2 Å². The number of aromatic nitrogens is 3. The molecule has 1 aliphatic carbocycles. The van der Waals surface area contributed by atoms with Gasteiger partial charge >= 0.3 is 12.3 Å². The molecule has 1 aromatic carbocycles. The first-order chi connectivity index (χ1) is 19.2. The molecule has 212 valence electrons. The lowest BCUT2D eigenvalue weighted by Gasteiger charge is -2.40. The summed E-state index contributed by atoms with van der Waals surface area (Å²) in [5.41, 5.74) is 1.36. The quantitative estimate of drug-likeness (QED) is 0.325. The van der Waals surface area contributed by atoms with Crippen molar-refractivity contribution in [3.63, 3.8) is 0 Å². The number of esters is 1. The fourth-order valence-electron chi connectivity index (χ4n) is 6.04. The molecule has 2 bridgehead atoms. The van der Waals surface area contributed by atoms with Gasteiger partial charge in [0.2, 0.25) is 0 Å². The summed E-state index contributed by atoms with van der Waals surface area (Å²) in [6, 6.07) is 6.31. The van der Waals surface area contributed by atoms with E-state index in [4.69, 9.17) is 14.0 Å². The summed E-state index contributed by atoms with van der Waals surface area (Å²) >= 11 is 0. The highest BCUT2D eigenvalue weighted by Crippen LogP contribution is 2.47. The second-order valence-corrected chi connectivity index (χ2v) is 10.7. The third-order valence-corrected chi connectivity index (χ3v) is 7.99. The smallest absolute Gasteiger partial charge is 0.464 e. The van der Waals surface area contributed by atoms with E-state index in [1.165, 1.54) is 25.4 Å². The molecule has 0 radical (unpaired) electrons. The number of rotatable bonds is 8. The minimum atomic E-state index is -4.83. The average molecular weight is 559 g/mol. The lowest BCUT2D eigenvalue weighted by Crippen LogP contribution is -2.47. The van der Waals surface area contributed by atoms with Crippen LogP contribution in [0.2, 0.25) is 0 Å². The van der Waals surface area contributed by atoms with E-state index >= 15 is 0 Å². The number of fused-ring (bicyclic) bond motifs is 2. The van der Waals surface area contributed by atoms with Crippen molar-refractivity contribution >= 4 is 11.8 Å². The predicted molar refractivity (Wildman–Crippen MR) is 136 cm³/mol. The molecule has 40 heavy (non-hydrogen) atoms. The van der Waals surface area contributed by atoms with Crippen molar-refractivity contribution in [2.24, 2.45) is 5.92 Å². The van der Waals surface area contributed by atoms with Gasteiger partial charge in [0.15, 0.2) is 5.69 Å². The fraction of sp³-hybridized carbons (Fsp3) is 0.500. The Hall–Kier alpha value is -3.67. The normalized spacial score (nSPS) is 24.3. The third-order valence-electron chi connectivity index (χ3n) is 7.99. The first-order valence-corrected chi connectivity index (χ1v) is 13.4. The lowest BCUT2D eigenvalue weighted by atomic mass is 9.97. The van der Waals surface area contributed by atoms with Crippen LogP contribution in [0.5, 0.6) is 5.75 Å². The number of carbonyl (C=O) groups excluding carboxylic acids is 1. The number of benzene rings is 1. The molecule has 4 atom stereocenters. The number of piperidine rings is 1. The Bertz CT molecular complexity index is 1380. The van der Waals surface area contributed by atoms with Crippen molar-refractivity contribution in [1.29, 1.82) is 0 Å². The van der Waals surface area contributed by atoms with Crippen LogP contribution in [0.4, 0.5) is 19.0 Å². The lowest BCUT2D eigenvalue weighted by molar-refractivity contribution is -0.274. The van der Waals surface area contributed by atoms with Crippen LogP contribution in [0.1, 0.15) is 66.8 Å². The van der Waals surface area contributed by atoms with Crippen LogP contribution in [-0.2, 0) is 16.1 Å². The van der Waals surface area contributed by atoms with Crippen LogP contribution < -0.4 is 9.64 Å². The van der Waals surface area contributed by atoms with Crippen molar-refractivity contribution in [2.45, 2.75) is 76.1 Å². The van der Waals surface area contributed by atoms with E-state index in [2.05, 4.69) is 31.7 Å². The van der Waals surface area contributed by atoms with Crippen LogP contribution in [0.25, 0.3) is 11.3 Å². The molecule has 0 amide bonds. The van der Waals surface area contributed by atoms with E-state index in [-0.39, 0.29) is 47.7 Å². The zero-order chi connectivity index (χ0) is 28.0. The van der Waals surface area contributed by atoms with E-state index in [9.17, 15) is 18.0 Å². The maximum Gasteiger partial charge on any atom is 0.573 e. The summed E-state index contributed by atoms with van der Waals surface area (Å²) in [6.07, 6.45) is 2.52. The average Bonchev–Trinajstić information content (AvgIpc) is 3.65. The minimum Gasteiger partial charge on any atom is -0.464 e. The number of alkyl halides is 3. The fourth-order valence-corrected chi connectivity index (χ4v) is 6.04. The molecule has 12 heteroatoms. The van der Waals surface area contributed by atoms with E-state index < -0.39 is 12.3 Å². The number of carbonyl (C=O) groups is 1. The summed E-state index contributed by atoms with van der Waals surface area (Å²) in [6.45, 7) is 2.38. The molecule has 2 saturated heterocycles. The van der Waals surface area contributed by atoms with Crippen LogP contribution in [-0.4, -0.2) is 52.8 Å². The standard InChI is InChI=1S/C28H29F3N4O5/c1-15-9-17-10-18(11-22(15)35(17)24-13-32-21(12-33-24)27(36)37-2)38-14-20-25(34-40-26(20)16-7-8-16)19-5-3-4-6-23(19)39-28(29,30)31/h3-6,12-13,15-18,22H,7-11,14H2,1-2H3. The topological polar surface area (TPSA) is 99.8 Å². The molecule has 0 spiro atoms. The van der Waals surface area contributed by atoms with Crippen LogP contribution in [0.3, 0.4) is 0 Å². The van der Waals surface area contributed by atoms with Crippen molar-refractivity contribution in [2.75, 3.05) is 12.0 Å². The summed E-state index contributed by atoms with van der Waals surface area (Å²) in [5.74, 6) is 1.12. The number of nitrogens with zero attached hydrogens (tertiary/aromatic N) is 4. The maximum atomic E-state index is 13.1. The number of ether oxygens (including phenoxy) is 3. The highest BCUT2D eigenvalue weighted by molar-refractivity contribution is 5.86. The molecule has 2 aliphatic heterocycles. The second kappa shape index (κ2) is 10.4. The van der Waals surface area contributed by atoms with Crippen LogP contribution in [0.15, 0.2) is 41.2 Å². The first kappa shape index (κ1) is 26.5. The molecule has 3 aromatic rings. The molecule has 6 rings (SSSR count). The Morgan fingerprint density at radius 1 is 1.12 bits per heavy atom. The second-order valence-electron chi connectivity index (χ2n) is 10.7. The van der Waals surface area contributed by atoms with Crippen molar-refractivity contribution in [3.8, 4) is 17.0 Å². The SMILES string of the molecule is COC(=O)c1cnc(N2C3CC(OCc4c(-c5ccccc5OC(F)(F)F)noc4C4CC4)CC2C(C)C3)cn1. The van der Waals surface area contributed by atoms with E-state index in [1.54, 1.807) is 18.3 Å². The summed E-state index contributed by atoms with van der Waals surface area (Å²) in [7, 11) is 1.30. The highest BCUT2D eigenvalue weighted by atomic mass is 19.4. The molecule has 3 aliphatic rings. The van der Waals surface area contributed by atoms with Gasteiger partial charge in [0.1, 0.15) is 23.0 Å². The molecule has 4 unspecified atom stereocenters. The summed E-state index contributed by atoms with van der Waals surface area (Å²) in [4.78, 5) is 22.7. The molecular weight excluding hydrogens is 529 g/mol. The van der Waals surface area contributed by atoms with Gasteiger partial charge in [-0.25, -0.2) is 14.8 Å². The van der Waals surface area contributed by atoms with Gasteiger partial charge < -0.3 is 23.6 Å². The molecule has 1 saturated carbocycles. The van der Waals surface area contributed by atoms with Gasteiger partial charge in [-0.2, -0.15) is 0 Å². The first-order valence-electron chi connectivity index (χ1n) is 13.4. The highest BCUT2D eigenvalue weighted by Gasteiger charge is 2.46. The van der Waals surface area contributed by atoms with Gasteiger partial charge in [-0.15, -0.1) is 13.2 Å². The Labute approximate surface area is 228 Å². The zero-order valence-electron chi connectivity index (χ0n) is 22.1. The van der Waals surface area contributed by atoms with Gasteiger partial charge in [-0.3, -0.25) is 0 Å². The molecule has 9 nitrogen and oxygen atoms in total. The molecule has 4 heterocycles. The molecular formula is C28H29F3N4O5. The number of hydrogen-bond acceptors (Lipinski definition) is 9. The Balaban J connectivity index is 1.20. The number of methoxy groups -OCH3 is 1. The minimum absolute atomic E-state index is 0.0602. The molecule has 2 aromatic heterocycles. The van der Waals surface area contributed by atoms with Gasteiger partial charge in [0.25, 0.3) is 0 Å². The van der Waals surface area contributed by atoms with Gasteiger partial charge in [-0.05, 0) is 50.2 Å². The Morgan fingerprint density at radius 2 is 1.93 bits per heavy atom. The summed E-state index contributed by atoms with van der Waals surface area (Å²) < 4.78 is 60.4. The predicted octanol–water partition coefficient (Wildman–Crippen LogP) is 5.66. The van der Waals surface area contributed by atoms with Gasteiger partial charge in [0.05, 0.1) is 32.2 Å². The van der Waals surface area contributed by atoms with E-state index in [1.807, 2.05) is 0 Å². The van der Waals surface area contributed by atoms with Crippen molar-refractivity contribution in [1.82, 2.24) is 15.1 Å². The number of para-hydroxylation sites is 1. The Kier molecular flexibility index (Phi) is 6.89. The Morgan fingerprint density at radius 3 is 2.60 bits per heavy atom. The number of anilines is 1. The molecule has 0 N–H and O–H groups in total. The number of halogens is 3. The van der Waals surface area contributed by atoms with Gasteiger partial charge in [0, 0.05) is 29.1 Å². The van der Waals surface area contributed by atoms with Crippen molar-refractivity contribution in [3.05, 3.63) is 53.7 Å². The molecule has 3 fully saturated rings. The maximum absolute atomic E-state index is 13.1. The zero-order valence-corrected chi connectivity index (χ0v) is 22.1. The summed E-state index contributed by atoms with van der Waals surface area (Å²) in [5, 5.41) is 4.17. The van der Waals surface area contributed by atoms with E-state index in [0.29, 0.717) is 28.8 Å². The largest absolute Gasteiger partial charge is 0.573 e. The van der Waals surface area contributed by atoms with Crippen molar-refractivity contribution < 1.29 is 36.7 Å².